The van der Waals surface area contributed by atoms with Gasteiger partial charge in [0, 0.05) is 16.5 Å². The molecule has 2 rings (SSSR count). The summed E-state index contributed by atoms with van der Waals surface area (Å²) in [7, 11) is 0. The van der Waals surface area contributed by atoms with Crippen molar-refractivity contribution < 1.29 is 4.39 Å². The van der Waals surface area contributed by atoms with E-state index in [0.717, 1.165) is 5.69 Å². The molecule has 0 bridgehead atoms. The molecule has 0 N–H and O–H groups in total. The van der Waals surface area contributed by atoms with Crippen molar-refractivity contribution in [3.8, 4) is 0 Å². The average molecular weight is 272 g/mol. The summed E-state index contributed by atoms with van der Waals surface area (Å²) in [6, 6.07) is 4.54. The molecular weight excluding hydrogens is 260 g/mol. The van der Waals surface area contributed by atoms with Crippen LogP contribution >= 0.6 is 23.2 Å². The topological polar surface area (TPSA) is 12.9 Å². The molecule has 0 amide bonds. The molecule has 0 aliphatic carbocycles. The van der Waals surface area contributed by atoms with Gasteiger partial charge in [-0.1, -0.05) is 44.0 Å². The van der Waals surface area contributed by atoms with Crippen molar-refractivity contribution in [2.45, 2.75) is 26.2 Å². The molecule has 0 radical (unpaired) electrons. The molecule has 0 saturated carbocycles. The van der Waals surface area contributed by atoms with Crippen LogP contribution in [-0.4, -0.2) is 4.98 Å². The van der Waals surface area contributed by atoms with Crippen LogP contribution in [0.2, 0.25) is 10.0 Å². The molecule has 90 valence electrons. The number of fused-ring (bicyclic) bond motifs is 1. The van der Waals surface area contributed by atoms with Gasteiger partial charge in [-0.05, 0) is 18.2 Å². The van der Waals surface area contributed by atoms with Crippen LogP contribution < -0.4 is 0 Å². The van der Waals surface area contributed by atoms with Crippen LogP contribution in [0, 0.1) is 5.82 Å². The van der Waals surface area contributed by atoms with Crippen LogP contribution in [0.5, 0.6) is 0 Å². The first kappa shape index (κ1) is 12.6. The second-order valence-corrected chi connectivity index (χ2v) is 5.81. The molecule has 0 atom stereocenters. The molecule has 0 saturated heterocycles. The van der Waals surface area contributed by atoms with Crippen molar-refractivity contribution >= 4 is 34.1 Å². The molecular formula is C13H12Cl2FN. The van der Waals surface area contributed by atoms with Crippen LogP contribution in [0.3, 0.4) is 0 Å². The predicted molar refractivity (Wildman–Crippen MR) is 70.4 cm³/mol. The van der Waals surface area contributed by atoms with Gasteiger partial charge in [0.15, 0.2) is 0 Å². The van der Waals surface area contributed by atoms with E-state index in [1.807, 2.05) is 20.8 Å². The quantitative estimate of drug-likeness (QED) is 0.659. The summed E-state index contributed by atoms with van der Waals surface area (Å²) in [5, 5.41) is 1.32. The minimum atomic E-state index is -0.405. The molecule has 0 aliphatic rings. The van der Waals surface area contributed by atoms with Gasteiger partial charge in [0.25, 0.3) is 0 Å². The van der Waals surface area contributed by atoms with E-state index in [2.05, 4.69) is 4.98 Å². The van der Waals surface area contributed by atoms with E-state index >= 15 is 0 Å². The lowest BCUT2D eigenvalue weighted by atomic mass is 9.91. The van der Waals surface area contributed by atoms with Gasteiger partial charge in [-0.25, -0.2) is 9.37 Å². The Labute approximate surface area is 110 Å². The Kier molecular flexibility index (Phi) is 3.04. The van der Waals surface area contributed by atoms with Gasteiger partial charge in [-0.2, -0.15) is 0 Å². The SMILES string of the molecule is CC(C)(C)c1cc(Cl)c2c(Cl)ccc(F)c2n1. The number of hydrogen-bond acceptors (Lipinski definition) is 1. The van der Waals surface area contributed by atoms with E-state index < -0.39 is 5.82 Å². The Hall–Kier alpha value is -0.860. The van der Waals surface area contributed by atoms with Crippen molar-refractivity contribution in [1.29, 1.82) is 0 Å². The molecule has 0 fully saturated rings. The number of benzene rings is 1. The fraction of sp³-hybridized carbons (Fsp3) is 0.308. The first-order chi connectivity index (χ1) is 7.80. The number of aromatic nitrogens is 1. The van der Waals surface area contributed by atoms with Crippen molar-refractivity contribution in [3.05, 3.63) is 39.8 Å². The van der Waals surface area contributed by atoms with Crippen molar-refractivity contribution in [2.75, 3.05) is 0 Å². The molecule has 17 heavy (non-hydrogen) atoms. The summed E-state index contributed by atoms with van der Waals surface area (Å²) >= 11 is 12.2. The van der Waals surface area contributed by atoms with Gasteiger partial charge in [0.2, 0.25) is 0 Å². The Morgan fingerprint density at radius 1 is 1.12 bits per heavy atom. The molecule has 1 nitrogen and oxygen atoms in total. The normalized spacial score (nSPS) is 12.1. The summed E-state index contributed by atoms with van der Waals surface area (Å²) in [5.41, 5.74) is 0.790. The third kappa shape index (κ3) is 2.24. The summed E-state index contributed by atoms with van der Waals surface area (Å²) in [5.74, 6) is -0.405. The predicted octanol–water partition coefficient (Wildman–Crippen LogP) is 4.98. The second kappa shape index (κ2) is 4.11. The van der Waals surface area contributed by atoms with Gasteiger partial charge in [-0.15, -0.1) is 0 Å². The minimum Gasteiger partial charge on any atom is -0.249 e. The fourth-order valence-corrected chi connectivity index (χ4v) is 2.20. The molecule has 4 heteroatoms. The lowest BCUT2D eigenvalue weighted by molar-refractivity contribution is 0.569. The third-order valence-electron chi connectivity index (χ3n) is 2.58. The van der Waals surface area contributed by atoms with Crippen LogP contribution in [-0.2, 0) is 5.41 Å². The number of nitrogens with zero attached hydrogens (tertiary/aromatic N) is 1. The fourth-order valence-electron chi connectivity index (χ4n) is 1.61. The Morgan fingerprint density at radius 3 is 2.35 bits per heavy atom. The van der Waals surface area contributed by atoms with Crippen molar-refractivity contribution in [3.63, 3.8) is 0 Å². The lowest BCUT2D eigenvalue weighted by Crippen LogP contribution is -2.13. The molecule has 0 aliphatic heterocycles. The molecule has 1 aromatic heterocycles. The maximum absolute atomic E-state index is 13.7. The Morgan fingerprint density at radius 2 is 1.76 bits per heavy atom. The summed E-state index contributed by atoms with van der Waals surface area (Å²) in [4.78, 5) is 4.32. The van der Waals surface area contributed by atoms with Crippen LogP contribution in [0.1, 0.15) is 26.5 Å². The number of rotatable bonds is 0. The largest absolute Gasteiger partial charge is 0.249 e. The highest BCUT2D eigenvalue weighted by atomic mass is 35.5. The number of pyridine rings is 1. The van der Waals surface area contributed by atoms with E-state index in [1.165, 1.54) is 12.1 Å². The van der Waals surface area contributed by atoms with Gasteiger partial charge in [0.1, 0.15) is 11.3 Å². The lowest BCUT2D eigenvalue weighted by Gasteiger charge is -2.19. The molecule has 1 heterocycles. The van der Waals surface area contributed by atoms with E-state index in [-0.39, 0.29) is 10.9 Å². The standard InChI is InChI=1S/C13H12Cl2FN/c1-13(2,3)10-6-8(15)11-7(14)4-5-9(16)12(11)17-10/h4-6H,1-3H3. The van der Waals surface area contributed by atoms with Gasteiger partial charge < -0.3 is 0 Å². The van der Waals surface area contributed by atoms with Crippen molar-refractivity contribution in [2.24, 2.45) is 0 Å². The molecule has 2 aromatic rings. The highest BCUT2D eigenvalue weighted by Crippen LogP contribution is 2.34. The second-order valence-electron chi connectivity index (χ2n) is 4.99. The van der Waals surface area contributed by atoms with Crippen LogP contribution in [0.15, 0.2) is 18.2 Å². The minimum absolute atomic E-state index is 0.188. The Bertz CT molecular complexity index is 588. The zero-order chi connectivity index (χ0) is 12.8. The first-order valence-electron chi connectivity index (χ1n) is 5.25. The monoisotopic (exact) mass is 271 g/mol. The highest BCUT2D eigenvalue weighted by Gasteiger charge is 2.19. The molecule has 0 unspecified atom stereocenters. The highest BCUT2D eigenvalue weighted by molar-refractivity contribution is 6.42. The summed E-state index contributed by atoms with van der Waals surface area (Å²) < 4.78 is 13.7. The van der Waals surface area contributed by atoms with Gasteiger partial charge in [0.05, 0.1) is 10.0 Å². The Balaban J connectivity index is 2.87. The maximum atomic E-state index is 13.7. The maximum Gasteiger partial charge on any atom is 0.149 e. The third-order valence-corrected chi connectivity index (χ3v) is 3.19. The van der Waals surface area contributed by atoms with Crippen molar-refractivity contribution in [1.82, 2.24) is 4.98 Å². The number of halogens is 3. The summed E-state index contributed by atoms with van der Waals surface area (Å²) in [6.07, 6.45) is 0. The molecule has 1 aromatic carbocycles. The first-order valence-corrected chi connectivity index (χ1v) is 6.01. The van der Waals surface area contributed by atoms with Gasteiger partial charge >= 0.3 is 0 Å². The zero-order valence-electron chi connectivity index (χ0n) is 9.81. The zero-order valence-corrected chi connectivity index (χ0v) is 11.3. The molecule has 0 spiro atoms. The van der Waals surface area contributed by atoms with Gasteiger partial charge in [-0.3, -0.25) is 0 Å². The van der Waals surface area contributed by atoms with E-state index in [4.69, 9.17) is 23.2 Å². The average Bonchev–Trinajstić information content (AvgIpc) is 2.21. The summed E-state index contributed by atoms with van der Waals surface area (Å²) in [6.45, 7) is 6.00. The van der Waals surface area contributed by atoms with E-state index in [1.54, 1.807) is 6.07 Å². The number of hydrogen-bond donors (Lipinski definition) is 0. The van der Waals surface area contributed by atoms with Crippen LogP contribution in [0.25, 0.3) is 10.9 Å². The van der Waals surface area contributed by atoms with E-state index in [0.29, 0.717) is 15.4 Å². The smallest absolute Gasteiger partial charge is 0.149 e. The van der Waals surface area contributed by atoms with E-state index in [9.17, 15) is 4.39 Å². The van der Waals surface area contributed by atoms with Crippen LogP contribution in [0.4, 0.5) is 4.39 Å².